The summed E-state index contributed by atoms with van der Waals surface area (Å²) in [6.45, 7) is -0.333. The van der Waals surface area contributed by atoms with Gasteiger partial charge in [-0.2, -0.15) is 13.2 Å². The largest absolute Gasteiger partial charge is 0.493 e. The van der Waals surface area contributed by atoms with Crippen molar-refractivity contribution < 1.29 is 32.1 Å². The van der Waals surface area contributed by atoms with Gasteiger partial charge in [-0.15, -0.1) is 0 Å². The molecule has 1 aromatic rings. The van der Waals surface area contributed by atoms with Crippen molar-refractivity contribution in [2.24, 2.45) is 11.7 Å². The number of benzene rings is 1. The molecule has 30 heavy (non-hydrogen) atoms. The Kier molecular flexibility index (Phi) is 10.0. The van der Waals surface area contributed by atoms with Gasteiger partial charge in [-0.25, -0.2) is 4.57 Å². The van der Waals surface area contributed by atoms with E-state index in [1.165, 1.54) is 38.2 Å². The number of halogens is 3. The van der Waals surface area contributed by atoms with Crippen LogP contribution in [0.4, 0.5) is 13.2 Å². The monoisotopic (exact) mass is 449 g/mol. The lowest BCUT2D eigenvalue weighted by Gasteiger charge is -2.25. The van der Waals surface area contributed by atoms with Gasteiger partial charge in [0.15, 0.2) is 0 Å². The van der Waals surface area contributed by atoms with Crippen LogP contribution in [0.25, 0.3) is 0 Å². The number of hydrogen-bond donors (Lipinski definition) is 2. The van der Waals surface area contributed by atoms with Gasteiger partial charge in [0, 0.05) is 0 Å². The van der Waals surface area contributed by atoms with Crippen LogP contribution in [0, 0.1) is 5.92 Å². The fraction of sp³-hybridized carbons (Fsp3) is 0.714. The first-order chi connectivity index (χ1) is 14.3. The molecule has 5 nitrogen and oxygen atoms in total. The topological polar surface area (TPSA) is 81.8 Å². The molecule has 9 heteroatoms. The molecule has 0 aliphatic heterocycles. The average molecular weight is 449 g/mol. The fourth-order valence-electron chi connectivity index (χ4n) is 3.86. The summed E-state index contributed by atoms with van der Waals surface area (Å²) in [5, 5.41) is 9.42. The molecule has 0 heterocycles. The number of aliphatic hydroxyl groups is 1. The highest BCUT2D eigenvalue weighted by molar-refractivity contribution is 7.17. The van der Waals surface area contributed by atoms with Gasteiger partial charge in [0.2, 0.25) is 0 Å². The highest BCUT2D eigenvalue weighted by atomic mass is 31.1. The Morgan fingerprint density at radius 2 is 1.93 bits per heavy atom. The molecule has 1 aromatic carbocycles. The predicted molar refractivity (Wildman–Crippen MR) is 109 cm³/mol. The summed E-state index contributed by atoms with van der Waals surface area (Å²) in [6, 6.07) is 4.00. The van der Waals surface area contributed by atoms with E-state index in [1.54, 1.807) is 6.07 Å². The van der Waals surface area contributed by atoms with E-state index in [4.69, 9.17) is 15.0 Å². The van der Waals surface area contributed by atoms with Crippen molar-refractivity contribution in [2.75, 3.05) is 19.8 Å². The van der Waals surface area contributed by atoms with Gasteiger partial charge < -0.3 is 15.6 Å². The van der Waals surface area contributed by atoms with E-state index in [-0.39, 0.29) is 31.8 Å². The van der Waals surface area contributed by atoms with Crippen LogP contribution in [0.5, 0.6) is 5.75 Å². The molecule has 0 spiro atoms. The van der Waals surface area contributed by atoms with Gasteiger partial charge in [0.1, 0.15) is 5.75 Å². The van der Waals surface area contributed by atoms with Crippen LogP contribution < -0.4 is 10.5 Å². The zero-order valence-electron chi connectivity index (χ0n) is 17.1. The van der Waals surface area contributed by atoms with Crippen LogP contribution >= 0.6 is 8.69 Å². The second-order valence-electron chi connectivity index (χ2n) is 8.19. The number of ether oxygens (including phenoxy) is 1. The summed E-state index contributed by atoms with van der Waals surface area (Å²) in [6.07, 6.45) is 3.77. The zero-order valence-corrected chi connectivity index (χ0v) is 18.0. The van der Waals surface area contributed by atoms with Crippen LogP contribution in [-0.2, 0) is 21.7 Å². The smallest absolute Gasteiger partial charge is 0.419 e. The van der Waals surface area contributed by atoms with E-state index in [9.17, 15) is 22.8 Å². The Hall–Kier alpha value is -1.21. The molecule has 0 amide bonds. The van der Waals surface area contributed by atoms with E-state index in [0.717, 1.165) is 18.9 Å². The maximum atomic E-state index is 13.5. The molecule has 1 saturated carbocycles. The van der Waals surface area contributed by atoms with Crippen molar-refractivity contribution in [3.63, 3.8) is 0 Å². The van der Waals surface area contributed by atoms with Gasteiger partial charge in [-0.05, 0) is 49.3 Å². The van der Waals surface area contributed by atoms with E-state index >= 15 is 0 Å². The number of alkyl halides is 3. The maximum Gasteiger partial charge on any atom is 0.419 e. The van der Waals surface area contributed by atoms with Crippen molar-refractivity contribution in [3.05, 3.63) is 29.3 Å². The molecule has 0 bridgehead atoms. The highest BCUT2D eigenvalue weighted by Crippen LogP contribution is 2.37. The van der Waals surface area contributed by atoms with Gasteiger partial charge in [-0.1, -0.05) is 38.2 Å². The van der Waals surface area contributed by atoms with Crippen LogP contribution in [0.3, 0.4) is 0 Å². The average Bonchev–Trinajstić information content (AvgIpc) is 2.74. The molecular weight excluding hydrogens is 418 g/mol. The van der Waals surface area contributed by atoms with Crippen LogP contribution in [0.2, 0.25) is 0 Å². The summed E-state index contributed by atoms with van der Waals surface area (Å²) >= 11 is 0. The summed E-state index contributed by atoms with van der Waals surface area (Å²) in [7, 11) is -0.563. The molecule has 1 atom stereocenters. The van der Waals surface area contributed by atoms with Crippen molar-refractivity contribution in [3.8, 4) is 5.75 Å². The van der Waals surface area contributed by atoms with Gasteiger partial charge >= 0.3 is 14.9 Å². The molecule has 0 saturated heterocycles. The molecule has 0 radical (unpaired) electrons. The Labute approximate surface area is 177 Å². The van der Waals surface area contributed by atoms with Gasteiger partial charge in [-0.3, -0.25) is 4.52 Å². The molecular formula is C21H31F3NO4P. The molecule has 2 rings (SSSR count). The van der Waals surface area contributed by atoms with E-state index < -0.39 is 32.6 Å². The second-order valence-corrected chi connectivity index (χ2v) is 8.60. The number of nitrogens with two attached hydrogens (primary N) is 1. The molecule has 1 fully saturated rings. The third kappa shape index (κ3) is 8.14. The quantitative estimate of drug-likeness (QED) is 0.335. The zero-order chi connectivity index (χ0) is 22.0. The third-order valence-electron chi connectivity index (χ3n) is 5.72. The standard InChI is InChI=1S/C21H31F3NO4P/c22-21(23,24)18-13-17(10-11-20(25,14-26)15-29-30-27)8-9-19(18)28-12-4-7-16-5-2-1-3-6-16/h8-9,13,16,26H,1-7,10-12,14-15,25H2. The first kappa shape index (κ1) is 25.1. The van der Waals surface area contributed by atoms with Crippen LogP contribution in [-0.4, -0.2) is 30.5 Å². The Morgan fingerprint density at radius 3 is 2.57 bits per heavy atom. The lowest BCUT2D eigenvalue weighted by atomic mass is 9.86. The molecule has 1 unspecified atom stereocenters. The molecule has 3 N–H and O–H groups in total. The minimum absolute atomic E-state index is 0.162. The normalized spacial score (nSPS) is 17.8. The van der Waals surface area contributed by atoms with E-state index in [2.05, 4.69) is 0 Å². The van der Waals surface area contributed by atoms with Crippen molar-refractivity contribution in [2.45, 2.75) is 69.5 Å². The predicted octanol–water partition coefficient (Wildman–Crippen LogP) is 5.29. The highest BCUT2D eigenvalue weighted by Gasteiger charge is 2.35. The van der Waals surface area contributed by atoms with E-state index in [1.807, 2.05) is 0 Å². The first-order valence-electron chi connectivity index (χ1n) is 10.4. The molecule has 1 aliphatic carbocycles. The summed E-state index contributed by atoms with van der Waals surface area (Å²) < 4.78 is 61.2. The summed E-state index contributed by atoms with van der Waals surface area (Å²) in [5.74, 6) is 0.504. The minimum atomic E-state index is -4.53. The molecule has 1 aliphatic rings. The first-order valence-corrected chi connectivity index (χ1v) is 11.2. The van der Waals surface area contributed by atoms with Crippen molar-refractivity contribution in [1.29, 1.82) is 0 Å². The van der Waals surface area contributed by atoms with E-state index in [0.29, 0.717) is 11.5 Å². The number of hydrogen-bond acceptors (Lipinski definition) is 5. The number of rotatable bonds is 12. The van der Waals surface area contributed by atoms with Gasteiger partial charge in [0.25, 0.3) is 0 Å². The Balaban J connectivity index is 1.96. The summed E-state index contributed by atoms with van der Waals surface area (Å²) in [5.41, 5.74) is 4.41. The maximum absolute atomic E-state index is 13.5. The number of aliphatic hydroxyl groups excluding tert-OH is 1. The lowest BCUT2D eigenvalue weighted by Crippen LogP contribution is -2.47. The number of aryl methyl sites for hydroxylation is 1. The Bertz CT molecular complexity index is 668. The van der Waals surface area contributed by atoms with Crippen molar-refractivity contribution in [1.82, 2.24) is 0 Å². The minimum Gasteiger partial charge on any atom is -0.493 e. The molecule has 170 valence electrons. The third-order valence-corrected chi connectivity index (χ3v) is 5.95. The Morgan fingerprint density at radius 1 is 1.20 bits per heavy atom. The lowest BCUT2D eigenvalue weighted by molar-refractivity contribution is -0.139. The fourth-order valence-corrected chi connectivity index (χ4v) is 4.16. The van der Waals surface area contributed by atoms with Gasteiger partial charge in [0.05, 0.1) is 30.9 Å². The van der Waals surface area contributed by atoms with Crippen molar-refractivity contribution >= 4 is 8.69 Å². The SMILES string of the molecule is NC(CO)(CCc1ccc(OCCCC2CCCCC2)c(C(F)(F)F)c1)COP=O. The van der Waals surface area contributed by atoms with Crippen LogP contribution in [0.1, 0.15) is 62.5 Å². The summed E-state index contributed by atoms with van der Waals surface area (Å²) in [4.78, 5) is 0. The second kappa shape index (κ2) is 12.0. The van der Waals surface area contributed by atoms with Crippen LogP contribution in [0.15, 0.2) is 18.2 Å². The molecule has 0 aromatic heterocycles.